The van der Waals surface area contributed by atoms with Crippen LogP contribution in [-0.4, -0.2) is 47.8 Å². The Morgan fingerprint density at radius 1 is 0.833 bits per heavy atom. The summed E-state index contributed by atoms with van der Waals surface area (Å²) in [7, 11) is -4.60. The fraction of sp³-hybridized carbons (Fsp3) is 0.240. The van der Waals surface area contributed by atoms with Gasteiger partial charge in [0.1, 0.15) is 5.75 Å². The number of rotatable bonds is 9. The first kappa shape index (κ1) is 27.2. The zero-order valence-electron chi connectivity index (χ0n) is 20.7. The zero-order valence-corrected chi connectivity index (χ0v) is 22.3. The van der Waals surface area contributed by atoms with Gasteiger partial charge in [0, 0.05) is 25.5 Å². The van der Waals surface area contributed by atoms with Crippen LogP contribution >= 0.6 is 0 Å². The molecule has 0 aliphatic carbocycles. The second-order valence-electron chi connectivity index (χ2n) is 8.55. The molecular formula is C25H29N3O6S2. The molecule has 0 radical (unpaired) electrons. The molecule has 36 heavy (non-hydrogen) atoms. The zero-order chi connectivity index (χ0) is 26.7. The molecule has 3 aromatic carbocycles. The molecule has 192 valence electrons. The van der Waals surface area contributed by atoms with Crippen LogP contribution in [0.1, 0.15) is 16.7 Å². The summed E-state index contributed by atoms with van der Waals surface area (Å²) in [5, 5.41) is 2.65. The van der Waals surface area contributed by atoms with Crippen molar-refractivity contribution in [1.29, 1.82) is 0 Å². The molecule has 11 heteroatoms. The van der Waals surface area contributed by atoms with E-state index in [1.54, 1.807) is 25.1 Å². The Hall–Kier alpha value is -3.41. The molecule has 0 spiro atoms. The molecule has 0 aromatic heterocycles. The number of aryl methyl sites for hydroxylation is 3. The highest BCUT2D eigenvalue weighted by atomic mass is 32.2. The number of nitrogens with zero attached hydrogens (tertiary/aromatic N) is 1. The molecule has 2 N–H and O–H groups in total. The molecule has 9 nitrogen and oxygen atoms in total. The highest BCUT2D eigenvalue weighted by molar-refractivity contribution is 7.92. The van der Waals surface area contributed by atoms with Gasteiger partial charge in [0.2, 0.25) is 10.0 Å². The molecule has 0 saturated carbocycles. The van der Waals surface area contributed by atoms with Gasteiger partial charge in [0.25, 0.3) is 15.9 Å². The lowest BCUT2D eigenvalue weighted by atomic mass is 10.1. The lowest BCUT2D eigenvalue weighted by Crippen LogP contribution is -2.23. The van der Waals surface area contributed by atoms with E-state index in [9.17, 15) is 21.6 Å². The minimum atomic E-state index is -3.80. The van der Waals surface area contributed by atoms with Gasteiger partial charge in [-0.1, -0.05) is 12.1 Å². The van der Waals surface area contributed by atoms with Crippen molar-refractivity contribution in [2.24, 2.45) is 0 Å². The number of sulfonamides is 2. The maximum absolute atomic E-state index is 12.7. The van der Waals surface area contributed by atoms with E-state index in [2.05, 4.69) is 10.0 Å². The van der Waals surface area contributed by atoms with Gasteiger partial charge in [-0.25, -0.2) is 21.1 Å². The molecule has 1 amide bonds. The van der Waals surface area contributed by atoms with Crippen molar-refractivity contribution >= 4 is 37.3 Å². The van der Waals surface area contributed by atoms with E-state index in [0.29, 0.717) is 22.7 Å². The third-order valence-corrected chi connectivity index (χ3v) is 8.45. The maximum atomic E-state index is 12.7. The molecule has 0 saturated heterocycles. The van der Waals surface area contributed by atoms with Crippen LogP contribution in [0.15, 0.2) is 70.5 Å². The topological polar surface area (TPSA) is 122 Å². The molecule has 3 rings (SSSR count). The summed E-state index contributed by atoms with van der Waals surface area (Å²) in [6.07, 6.45) is 0. The molecule has 0 fully saturated rings. The van der Waals surface area contributed by atoms with Gasteiger partial charge in [0.15, 0.2) is 6.61 Å². The Morgan fingerprint density at radius 2 is 1.42 bits per heavy atom. The minimum absolute atomic E-state index is 0.0491. The third-order valence-electron chi connectivity index (χ3n) is 5.24. The van der Waals surface area contributed by atoms with E-state index in [1.165, 1.54) is 50.5 Å². The van der Waals surface area contributed by atoms with Crippen molar-refractivity contribution in [2.75, 3.05) is 30.7 Å². The Morgan fingerprint density at radius 3 is 2.00 bits per heavy atom. The van der Waals surface area contributed by atoms with Crippen molar-refractivity contribution in [3.8, 4) is 5.75 Å². The van der Waals surface area contributed by atoms with Crippen LogP contribution in [0, 0.1) is 20.8 Å². The number of hydrogen-bond donors (Lipinski definition) is 2. The standard InChI is InChI=1S/C25H29N3O6S2/c1-17-12-18(2)14-20(13-17)27-35(30,31)22-10-7-21(8-11-22)34-16-25(29)26-24-15-23(9-6-19(24)3)36(32,33)28(4)5/h6-15,27H,16H2,1-5H3,(H,26,29). The normalized spacial score (nSPS) is 11.8. The first-order valence-electron chi connectivity index (χ1n) is 10.9. The van der Waals surface area contributed by atoms with Crippen molar-refractivity contribution in [3.63, 3.8) is 0 Å². The second-order valence-corrected chi connectivity index (χ2v) is 12.4. The minimum Gasteiger partial charge on any atom is -0.484 e. The second kappa shape index (κ2) is 10.7. The van der Waals surface area contributed by atoms with Crippen LogP contribution in [0.5, 0.6) is 5.75 Å². The van der Waals surface area contributed by atoms with Crippen LogP contribution in [0.25, 0.3) is 0 Å². The number of anilines is 2. The van der Waals surface area contributed by atoms with Gasteiger partial charge in [-0.15, -0.1) is 0 Å². The van der Waals surface area contributed by atoms with Gasteiger partial charge in [0.05, 0.1) is 9.79 Å². The van der Waals surface area contributed by atoms with Crippen LogP contribution in [0.3, 0.4) is 0 Å². The van der Waals surface area contributed by atoms with E-state index in [-0.39, 0.29) is 16.4 Å². The first-order chi connectivity index (χ1) is 16.8. The van der Waals surface area contributed by atoms with Gasteiger partial charge < -0.3 is 10.1 Å². The molecule has 3 aromatic rings. The molecule has 0 aliphatic heterocycles. The Bertz CT molecular complexity index is 1460. The average molecular weight is 532 g/mol. The lowest BCUT2D eigenvalue weighted by molar-refractivity contribution is -0.118. The van der Waals surface area contributed by atoms with Gasteiger partial charge in [-0.3, -0.25) is 9.52 Å². The summed E-state index contributed by atoms with van der Waals surface area (Å²) in [6.45, 7) is 5.17. The number of carbonyl (C=O) groups is 1. The number of benzene rings is 3. The quantitative estimate of drug-likeness (QED) is 0.434. The van der Waals surface area contributed by atoms with E-state index in [0.717, 1.165) is 15.4 Å². The summed E-state index contributed by atoms with van der Waals surface area (Å²) >= 11 is 0. The molecule has 0 unspecified atom stereocenters. The smallest absolute Gasteiger partial charge is 0.262 e. The summed E-state index contributed by atoms with van der Waals surface area (Å²) in [5.41, 5.74) is 3.39. The van der Waals surface area contributed by atoms with Gasteiger partial charge >= 0.3 is 0 Å². The number of ether oxygens (including phenoxy) is 1. The van der Waals surface area contributed by atoms with E-state index >= 15 is 0 Å². The van der Waals surface area contributed by atoms with E-state index < -0.39 is 26.0 Å². The largest absolute Gasteiger partial charge is 0.484 e. The average Bonchev–Trinajstić information content (AvgIpc) is 2.78. The summed E-state index contributed by atoms with van der Waals surface area (Å²) in [4.78, 5) is 12.5. The number of carbonyl (C=O) groups excluding carboxylic acids is 1. The SMILES string of the molecule is Cc1cc(C)cc(NS(=O)(=O)c2ccc(OCC(=O)Nc3cc(S(=O)(=O)N(C)C)ccc3C)cc2)c1. The Kier molecular flexibility index (Phi) is 8.07. The molecule has 0 heterocycles. The van der Waals surface area contributed by atoms with Crippen molar-refractivity contribution in [1.82, 2.24) is 4.31 Å². The molecule has 0 bridgehead atoms. The fourth-order valence-electron chi connectivity index (χ4n) is 3.40. The third kappa shape index (κ3) is 6.62. The molecule has 0 aliphatic rings. The molecular weight excluding hydrogens is 502 g/mol. The highest BCUT2D eigenvalue weighted by Gasteiger charge is 2.19. The lowest BCUT2D eigenvalue weighted by Gasteiger charge is -2.14. The number of amides is 1. The maximum Gasteiger partial charge on any atom is 0.262 e. The predicted octanol–water partition coefficient (Wildman–Crippen LogP) is 3.68. The van der Waals surface area contributed by atoms with Crippen LogP contribution < -0.4 is 14.8 Å². The summed E-state index contributed by atoms with van der Waals surface area (Å²) in [6, 6.07) is 15.6. The Balaban J connectivity index is 1.64. The first-order valence-corrected chi connectivity index (χ1v) is 13.9. The van der Waals surface area contributed by atoms with E-state index in [4.69, 9.17) is 4.74 Å². The summed E-state index contributed by atoms with van der Waals surface area (Å²) in [5.74, 6) is -0.193. The fourth-order valence-corrected chi connectivity index (χ4v) is 5.37. The van der Waals surface area contributed by atoms with Crippen LogP contribution in [0.4, 0.5) is 11.4 Å². The van der Waals surface area contributed by atoms with Crippen molar-refractivity contribution in [3.05, 3.63) is 77.4 Å². The Labute approximate surface area is 212 Å². The monoisotopic (exact) mass is 531 g/mol. The van der Waals surface area contributed by atoms with Crippen molar-refractivity contribution in [2.45, 2.75) is 30.6 Å². The van der Waals surface area contributed by atoms with Crippen molar-refractivity contribution < 1.29 is 26.4 Å². The number of nitrogens with one attached hydrogen (secondary N) is 2. The van der Waals surface area contributed by atoms with Crippen LogP contribution in [-0.2, 0) is 24.8 Å². The van der Waals surface area contributed by atoms with Gasteiger partial charge in [-0.2, -0.15) is 0 Å². The number of hydrogen-bond acceptors (Lipinski definition) is 6. The molecule has 0 atom stereocenters. The van der Waals surface area contributed by atoms with E-state index in [1.807, 2.05) is 19.9 Å². The summed E-state index contributed by atoms with van der Waals surface area (Å²) < 4.78 is 59.3. The predicted molar refractivity (Wildman–Crippen MR) is 139 cm³/mol. The van der Waals surface area contributed by atoms with Crippen LogP contribution in [0.2, 0.25) is 0 Å². The highest BCUT2D eigenvalue weighted by Crippen LogP contribution is 2.23. The van der Waals surface area contributed by atoms with Gasteiger partial charge in [-0.05, 0) is 86.0 Å².